The van der Waals surface area contributed by atoms with Crippen LogP contribution in [0.25, 0.3) is 5.82 Å². The zero-order valence-electron chi connectivity index (χ0n) is 14.3. The summed E-state index contributed by atoms with van der Waals surface area (Å²) in [7, 11) is 3.80. The van der Waals surface area contributed by atoms with Crippen molar-refractivity contribution >= 4 is 5.91 Å². The molecule has 0 aliphatic rings. The van der Waals surface area contributed by atoms with Gasteiger partial charge in [0.25, 0.3) is 0 Å². The maximum atomic E-state index is 12.6. The third-order valence-corrected chi connectivity index (χ3v) is 3.90. The highest BCUT2D eigenvalue weighted by Gasteiger charge is 2.22. The molecule has 0 radical (unpaired) electrons. The lowest BCUT2D eigenvalue weighted by Gasteiger charge is -2.23. The van der Waals surface area contributed by atoms with E-state index in [0.717, 1.165) is 16.9 Å². The van der Waals surface area contributed by atoms with Gasteiger partial charge in [-0.25, -0.2) is 9.67 Å². The number of rotatable bonds is 6. The molecule has 128 valence electrons. The van der Waals surface area contributed by atoms with Gasteiger partial charge in [0.15, 0.2) is 5.82 Å². The first kappa shape index (κ1) is 16.9. The number of nitrogens with one attached hydrogen (secondary N) is 1. The Balaban J connectivity index is 1.65. The van der Waals surface area contributed by atoms with E-state index in [4.69, 9.17) is 0 Å². The summed E-state index contributed by atoms with van der Waals surface area (Å²) in [5.74, 6) is 0.711. The van der Waals surface area contributed by atoms with Crippen molar-refractivity contribution in [3.63, 3.8) is 0 Å². The molecule has 0 saturated carbocycles. The van der Waals surface area contributed by atoms with Crippen molar-refractivity contribution in [3.05, 3.63) is 78.2 Å². The van der Waals surface area contributed by atoms with Crippen LogP contribution in [0.4, 0.5) is 0 Å². The molecule has 2 aromatic heterocycles. The fourth-order valence-electron chi connectivity index (χ4n) is 2.67. The Kier molecular flexibility index (Phi) is 5.20. The van der Waals surface area contributed by atoms with Gasteiger partial charge < -0.3 is 5.32 Å². The van der Waals surface area contributed by atoms with Crippen LogP contribution in [0.3, 0.4) is 0 Å². The maximum absolute atomic E-state index is 12.6. The van der Waals surface area contributed by atoms with Gasteiger partial charge in [-0.1, -0.05) is 36.4 Å². The molecule has 0 aliphatic carbocycles. The van der Waals surface area contributed by atoms with Crippen LogP contribution in [0.15, 0.2) is 67.1 Å². The lowest BCUT2D eigenvalue weighted by molar-refractivity contribution is -0.125. The van der Waals surface area contributed by atoms with E-state index in [1.807, 2.05) is 73.7 Å². The number of hydrogen-bond acceptors (Lipinski definition) is 4. The second-order valence-electron chi connectivity index (χ2n) is 5.97. The standard InChI is InChI=1S/C19H21N5O/c1-23(2)18(16-7-4-3-5-8-16)19(25)21-14-15-9-10-17(20-13-15)24-12-6-11-22-24/h3-13,18H,14H2,1-2H3,(H,21,25)/t18-/m1/s1. The summed E-state index contributed by atoms with van der Waals surface area (Å²) in [4.78, 5) is 18.9. The molecule has 0 bridgehead atoms. The molecule has 1 N–H and O–H groups in total. The quantitative estimate of drug-likeness (QED) is 0.750. The zero-order valence-corrected chi connectivity index (χ0v) is 14.3. The molecule has 0 unspecified atom stereocenters. The van der Waals surface area contributed by atoms with Crippen LogP contribution in [0, 0.1) is 0 Å². The lowest BCUT2D eigenvalue weighted by Crippen LogP contribution is -2.36. The van der Waals surface area contributed by atoms with Crippen LogP contribution in [-0.4, -0.2) is 39.7 Å². The molecule has 6 nitrogen and oxygen atoms in total. The smallest absolute Gasteiger partial charge is 0.242 e. The summed E-state index contributed by atoms with van der Waals surface area (Å²) in [5, 5.41) is 7.14. The Hall–Kier alpha value is -2.99. The Morgan fingerprint density at radius 2 is 1.96 bits per heavy atom. The summed E-state index contributed by atoms with van der Waals surface area (Å²) in [6.07, 6.45) is 5.30. The van der Waals surface area contributed by atoms with Crippen molar-refractivity contribution in [1.29, 1.82) is 0 Å². The van der Waals surface area contributed by atoms with Crippen molar-refractivity contribution in [1.82, 2.24) is 25.0 Å². The van der Waals surface area contributed by atoms with Crippen molar-refractivity contribution in [2.45, 2.75) is 12.6 Å². The molecule has 3 aromatic rings. The molecule has 0 spiro atoms. The van der Waals surface area contributed by atoms with E-state index < -0.39 is 0 Å². The van der Waals surface area contributed by atoms with Gasteiger partial charge in [-0.3, -0.25) is 9.69 Å². The van der Waals surface area contributed by atoms with E-state index in [-0.39, 0.29) is 11.9 Å². The Morgan fingerprint density at radius 3 is 2.56 bits per heavy atom. The van der Waals surface area contributed by atoms with E-state index in [2.05, 4.69) is 15.4 Å². The number of pyridine rings is 1. The fourth-order valence-corrected chi connectivity index (χ4v) is 2.67. The summed E-state index contributed by atoms with van der Waals surface area (Å²) >= 11 is 0. The number of benzene rings is 1. The summed E-state index contributed by atoms with van der Waals surface area (Å²) in [5.41, 5.74) is 1.91. The molecule has 0 saturated heterocycles. The minimum atomic E-state index is -0.322. The summed E-state index contributed by atoms with van der Waals surface area (Å²) < 4.78 is 1.69. The van der Waals surface area contributed by atoms with Gasteiger partial charge in [0, 0.05) is 25.1 Å². The zero-order chi connectivity index (χ0) is 17.6. The highest BCUT2D eigenvalue weighted by Crippen LogP contribution is 2.18. The van der Waals surface area contributed by atoms with E-state index >= 15 is 0 Å². The number of carbonyl (C=O) groups excluding carboxylic acids is 1. The first-order valence-electron chi connectivity index (χ1n) is 8.09. The number of nitrogens with zero attached hydrogens (tertiary/aromatic N) is 4. The highest BCUT2D eigenvalue weighted by atomic mass is 16.2. The van der Waals surface area contributed by atoms with Crippen LogP contribution in [-0.2, 0) is 11.3 Å². The van der Waals surface area contributed by atoms with Gasteiger partial charge in [0.2, 0.25) is 5.91 Å². The summed E-state index contributed by atoms with van der Waals surface area (Å²) in [6.45, 7) is 0.433. The van der Waals surface area contributed by atoms with E-state index in [9.17, 15) is 4.79 Å². The summed E-state index contributed by atoms with van der Waals surface area (Å²) in [6, 6.07) is 15.1. The number of hydrogen-bond donors (Lipinski definition) is 1. The minimum absolute atomic E-state index is 0.0349. The van der Waals surface area contributed by atoms with Gasteiger partial charge in [-0.05, 0) is 37.4 Å². The minimum Gasteiger partial charge on any atom is -0.350 e. The van der Waals surface area contributed by atoms with E-state index in [1.54, 1.807) is 17.1 Å². The largest absolute Gasteiger partial charge is 0.350 e. The molecule has 3 rings (SSSR count). The van der Waals surface area contributed by atoms with Crippen molar-refractivity contribution in [3.8, 4) is 5.82 Å². The molecule has 25 heavy (non-hydrogen) atoms. The van der Waals surface area contributed by atoms with Crippen LogP contribution in [0.5, 0.6) is 0 Å². The van der Waals surface area contributed by atoms with Crippen LogP contribution >= 0.6 is 0 Å². The van der Waals surface area contributed by atoms with Crippen molar-refractivity contribution < 1.29 is 4.79 Å². The predicted octanol–water partition coefficient (Wildman–Crippen LogP) is 2.19. The maximum Gasteiger partial charge on any atom is 0.242 e. The first-order valence-corrected chi connectivity index (χ1v) is 8.09. The molecular formula is C19H21N5O. The first-order chi connectivity index (χ1) is 12.1. The fraction of sp³-hybridized carbons (Fsp3) is 0.211. The molecule has 1 amide bonds. The molecule has 1 aromatic carbocycles. The average Bonchev–Trinajstić information content (AvgIpc) is 3.16. The van der Waals surface area contributed by atoms with E-state index in [1.165, 1.54) is 0 Å². The molecular weight excluding hydrogens is 314 g/mol. The Bertz CT molecular complexity index is 798. The highest BCUT2D eigenvalue weighted by molar-refractivity contribution is 5.83. The molecule has 0 aliphatic heterocycles. The Morgan fingerprint density at radius 1 is 1.16 bits per heavy atom. The number of aromatic nitrogens is 3. The van der Waals surface area contributed by atoms with Crippen molar-refractivity contribution in [2.24, 2.45) is 0 Å². The molecule has 2 heterocycles. The lowest BCUT2D eigenvalue weighted by atomic mass is 10.1. The van der Waals surface area contributed by atoms with Gasteiger partial charge in [-0.15, -0.1) is 0 Å². The normalized spacial score (nSPS) is 12.1. The van der Waals surface area contributed by atoms with Crippen molar-refractivity contribution in [2.75, 3.05) is 14.1 Å². The monoisotopic (exact) mass is 335 g/mol. The number of likely N-dealkylation sites (N-methyl/N-ethyl adjacent to an activating group) is 1. The van der Waals surface area contributed by atoms with Crippen LogP contribution < -0.4 is 5.32 Å². The Labute approximate surface area is 147 Å². The topological polar surface area (TPSA) is 63.1 Å². The molecule has 6 heteroatoms. The second kappa shape index (κ2) is 7.72. The predicted molar refractivity (Wildman–Crippen MR) is 96.1 cm³/mol. The van der Waals surface area contributed by atoms with Gasteiger partial charge in [-0.2, -0.15) is 5.10 Å². The number of carbonyl (C=O) groups is 1. The average molecular weight is 335 g/mol. The van der Waals surface area contributed by atoms with Gasteiger partial charge >= 0.3 is 0 Å². The second-order valence-corrected chi connectivity index (χ2v) is 5.97. The van der Waals surface area contributed by atoms with Gasteiger partial charge in [0.1, 0.15) is 6.04 Å². The SMILES string of the molecule is CN(C)[C@@H](C(=O)NCc1ccc(-n2cccn2)nc1)c1ccccc1. The molecule has 1 atom stereocenters. The van der Waals surface area contributed by atoms with Gasteiger partial charge in [0.05, 0.1) is 0 Å². The third kappa shape index (κ3) is 4.10. The third-order valence-electron chi connectivity index (χ3n) is 3.90. The molecule has 0 fully saturated rings. The van der Waals surface area contributed by atoms with Crippen LogP contribution in [0.1, 0.15) is 17.2 Å². The number of amides is 1. The van der Waals surface area contributed by atoms with E-state index in [0.29, 0.717) is 6.54 Å². The van der Waals surface area contributed by atoms with Crippen LogP contribution in [0.2, 0.25) is 0 Å².